The first-order chi connectivity index (χ1) is 19.9. The van der Waals surface area contributed by atoms with Crippen LogP contribution in [0.4, 0.5) is 0 Å². The number of benzene rings is 4. The Morgan fingerprint density at radius 2 is 1.61 bits per heavy atom. The van der Waals surface area contributed by atoms with Crippen molar-refractivity contribution in [2.75, 3.05) is 14.2 Å². The van der Waals surface area contributed by atoms with Gasteiger partial charge >= 0.3 is 5.97 Å². The molecule has 1 heterocycles. The van der Waals surface area contributed by atoms with Crippen LogP contribution in [0.3, 0.4) is 0 Å². The molecule has 0 saturated carbocycles. The average Bonchev–Trinajstić information content (AvgIpc) is 3.34. The molecule has 7 heteroatoms. The van der Waals surface area contributed by atoms with E-state index < -0.39 is 5.97 Å². The maximum absolute atomic E-state index is 13.3. The third-order valence-electron chi connectivity index (χ3n) is 6.46. The highest BCUT2D eigenvalue weighted by Crippen LogP contribution is 2.31. The molecule has 0 amide bonds. The third kappa shape index (κ3) is 6.31. The van der Waals surface area contributed by atoms with Gasteiger partial charge in [-0.15, -0.1) is 0 Å². The summed E-state index contributed by atoms with van der Waals surface area (Å²) in [5, 5.41) is 0.605. The molecule has 0 saturated heterocycles. The van der Waals surface area contributed by atoms with E-state index in [2.05, 4.69) is 0 Å². The van der Waals surface area contributed by atoms with Crippen molar-refractivity contribution < 1.29 is 33.0 Å². The molecule has 0 unspecified atom stereocenters. The van der Waals surface area contributed by atoms with Gasteiger partial charge in [-0.05, 0) is 66.6 Å². The number of fused-ring (bicyclic) bond motifs is 1. The van der Waals surface area contributed by atoms with Crippen LogP contribution in [-0.4, -0.2) is 26.0 Å². The fourth-order valence-electron chi connectivity index (χ4n) is 4.39. The molecule has 41 heavy (non-hydrogen) atoms. The van der Waals surface area contributed by atoms with Gasteiger partial charge in [-0.2, -0.15) is 0 Å². The molecule has 206 valence electrons. The van der Waals surface area contributed by atoms with Crippen molar-refractivity contribution in [3.05, 3.63) is 125 Å². The lowest BCUT2D eigenvalue weighted by Gasteiger charge is -2.08. The van der Waals surface area contributed by atoms with Gasteiger partial charge in [0, 0.05) is 11.5 Å². The van der Waals surface area contributed by atoms with Gasteiger partial charge in [0.1, 0.15) is 46.5 Å². The molecule has 0 aliphatic rings. The second-order valence-corrected chi connectivity index (χ2v) is 9.19. The van der Waals surface area contributed by atoms with Crippen molar-refractivity contribution in [2.45, 2.75) is 13.5 Å². The molecule has 0 radical (unpaired) electrons. The van der Waals surface area contributed by atoms with Crippen molar-refractivity contribution in [3.8, 4) is 23.0 Å². The Kier molecular flexibility index (Phi) is 8.15. The summed E-state index contributed by atoms with van der Waals surface area (Å²) in [6.45, 7) is 2.12. The maximum atomic E-state index is 13.3. The summed E-state index contributed by atoms with van der Waals surface area (Å²) < 4.78 is 28.0. The van der Waals surface area contributed by atoms with Gasteiger partial charge in [0.2, 0.25) is 0 Å². The van der Waals surface area contributed by atoms with Crippen molar-refractivity contribution in [3.63, 3.8) is 0 Å². The fourth-order valence-corrected chi connectivity index (χ4v) is 4.39. The molecule has 0 bridgehead atoms. The number of furan rings is 1. The Balaban J connectivity index is 1.31. The van der Waals surface area contributed by atoms with Crippen LogP contribution in [0, 0.1) is 6.92 Å². The molecule has 1 aromatic heterocycles. The molecule has 0 atom stereocenters. The van der Waals surface area contributed by atoms with Gasteiger partial charge in [0.05, 0.1) is 19.8 Å². The summed E-state index contributed by atoms with van der Waals surface area (Å²) in [4.78, 5) is 26.1. The number of esters is 1. The van der Waals surface area contributed by atoms with E-state index in [4.69, 9.17) is 23.4 Å². The minimum atomic E-state index is -0.554. The van der Waals surface area contributed by atoms with Crippen molar-refractivity contribution in [1.82, 2.24) is 0 Å². The number of ether oxygens (including phenoxy) is 4. The smallest absolute Gasteiger partial charge is 0.347 e. The number of hydrogen-bond donors (Lipinski definition) is 0. The molecule has 0 N–H and O–H groups in total. The number of hydrogen-bond acceptors (Lipinski definition) is 7. The lowest BCUT2D eigenvalue weighted by molar-refractivity contribution is 0.0734. The summed E-state index contributed by atoms with van der Waals surface area (Å²) in [5.41, 5.74) is 3.01. The molecule has 0 spiro atoms. The van der Waals surface area contributed by atoms with E-state index in [1.807, 2.05) is 36.4 Å². The lowest BCUT2D eigenvalue weighted by atomic mass is 10.1. The number of carbonyl (C=O) groups excluding carboxylic acids is 2. The van der Waals surface area contributed by atoms with Crippen LogP contribution in [0.2, 0.25) is 0 Å². The van der Waals surface area contributed by atoms with E-state index in [1.165, 1.54) is 13.2 Å². The summed E-state index contributed by atoms with van der Waals surface area (Å²) in [6.07, 6.45) is 3.09. The van der Waals surface area contributed by atoms with Gasteiger partial charge in [-0.3, -0.25) is 4.79 Å². The first-order valence-corrected chi connectivity index (χ1v) is 12.9. The molecule has 0 aliphatic heterocycles. The summed E-state index contributed by atoms with van der Waals surface area (Å²) in [5.74, 6) is 1.60. The van der Waals surface area contributed by atoms with Gasteiger partial charge in [0.15, 0.2) is 5.78 Å². The number of allylic oxidation sites excluding steroid dienone is 1. The van der Waals surface area contributed by atoms with Gasteiger partial charge < -0.3 is 23.4 Å². The summed E-state index contributed by atoms with van der Waals surface area (Å²) in [7, 11) is 3.04. The Bertz CT molecular complexity index is 1730. The minimum absolute atomic E-state index is 0.238. The Morgan fingerprint density at radius 1 is 0.805 bits per heavy atom. The van der Waals surface area contributed by atoms with E-state index in [9.17, 15) is 9.59 Å². The second kappa shape index (κ2) is 12.3. The number of methoxy groups -OCH3 is 2. The zero-order chi connectivity index (χ0) is 28.8. The van der Waals surface area contributed by atoms with Crippen LogP contribution in [0.15, 0.2) is 101 Å². The van der Waals surface area contributed by atoms with Crippen LogP contribution < -0.4 is 18.9 Å². The molecular weight excluding hydrogens is 520 g/mol. The fraction of sp³-hybridized carbons (Fsp3) is 0.118. The Morgan fingerprint density at radius 3 is 2.39 bits per heavy atom. The van der Waals surface area contributed by atoms with Gasteiger partial charge in [0.25, 0.3) is 0 Å². The number of aryl methyl sites for hydroxylation is 1. The van der Waals surface area contributed by atoms with E-state index in [0.29, 0.717) is 63.0 Å². The first kappa shape index (κ1) is 27.3. The maximum Gasteiger partial charge on any atom is 0.347 e. The van der Waals surface area contributed by atoms with E-state index in [1.54, 1.807) is 74.7 Å². The third-order valence-corrected chi connectivity index (χ3v) is 6.46. The predicted octanol–water partition coefficient (Wildman–Crippen LogP) is 7.45. The Labute approximate surface area is 237 Å². The zero-order valence-electron chi connectivity index (χ0n) is 22.9. The van der Waals surface area contributed by atoms with Crippen LogP contribution in [0.5, 0.6) is 23.0 Å². The van der Waals surface area contributed by atoms with E-state index in [0.717, 1.165) is 5.56 Å². The first-order valence-electron chi connectivity index (χ1n) is 12.9. The Hall–Kier alpha value is -5.30. The molecule has 0 fully saturated rings. The SMILES string of the molecule is COc1ccc(C(=O)C=Cc2cccc(OC(=O)c3c(C)oc4ccc(OCc5ccccc5)cc34)c2)c(OC)c1. The van der Waals surface area contributed by atoms with Gasteiger partial charge in [-0.25, -0.2) is 4.79 Å². The predicted molar refractivity (Wildman–Crippen MR) is 156 cm³/mol. The molecule has 5 rings (SSSR count). The average molecular weight is 549 g/mol. The van der Waals surface area contributed by atoms with Crippen LogP contribution >= 0.6 is 0 Å². The highest BCUT2D eigenvalue weighted by molar-refractivity contribution is 6.09. The second-order valence-electron chi connectivity index (χ2n) is 9.19. The highest BCUT2D eigenvalue weighted by Gasteiger charge is 2.21. The standard InChI is InChI=1S/C34H28O7/c1-22-33(29-19-26(14-17-31(29)40-22)39-21-24-8-5-4-6-9-24)34(36)41-27-11-7-10-23(18-27)12-16-30(35)28-15-13-25(37-2)20-32(28)38-3/h4-20H,21H2,1-3H3. The topological polar surface area (TPSA) is 84.2 Å². The van der Waals surface area contributed by atoms with Gasteiger partial charge in [-0.1, -0.05) is 48.5 Å². The normalized spacial score (nSPS) is 11.0. The van der Waals surface area contributed by atoms with Crippen molar-refractivity contribution in [2.24, 2.45) is 0 Å². The van der Waals surface area contributed by atoms with Crippen molar-refractivity contribution >= 4 is 28.8 Å². The zero-order valence-corrected chi connectivity index (χ0v) is 22.9. The molecule has 7 nitrogen and oxygen atoms in total. The van der Waals surface area contributed by atoms with Crippen LogP contribution in [0.1, 0.15) is 37.6 Å². The summed E-state index contributed by atoms with van der Waals surface area (Å²) in [6, 6.07) is 27.1. The lowest BCUT2D eigenvalue weighted by Crippen LogP contribution is -2.09. The van der Waals surface area contributed by atoms with Crippen molar-refractivity contribution in [1.29, 1.82) is 0 Å². The van der Waals surface area contributed by atoms with Crippen LogP contribution in [0.25, 0.3) is 17.0 Å². The number of carbonyl (C=O) groups is 2. The van der Waals surface area contributed by atoms with E-state index >= 15 is 0 Å². The van der Waals surface area contributed by atoms with Crippen LogP contribution in [-0.2, 0) is 6.61 Å². The largest absolute Gasteiger partial charge is 0.497 e. The highest BCUT2D eigenvalue weighted by atomic mass is 16.5. The molecule has 4 aromatic carbocycles. The van der Waals surface area contributed by atoms with E-state index in [-0.39, 0.29) is 5.78 Å². The number of rotatable bonds is 10. The minimum Gasteiger partial charge on any atom is -0.497 e. The number of ketones is 1. The quantitative estimate of drug-likeness (QED) is 0.0775. The monoisotopic (exact) mass is 548 g/mol. The molecule has 0 aliphatic carbocycles. The molecular formula is C34H28O7. The molecule has 5 aromatic rings. The summed E-state index contributed by atoms with van der Waals surface area (Å²) >= 11 is 0.